The molecule has 0 unspecified atom stereocenters. The van der Waals surface area contributed by atoms with E-state index < -0.39 is 0 Å². The SMILES string of the molecule is O=C(N[C@@H]1CC2(CCN(CCO)CC2)Oc2ccccc21)c1ccc[nH]1. The second kappa shape index (κ2) is 7.13. The van der Waals surface area contributed by atoms with Crippen LogP contribution in [0.2, 0.25) is 0 Å². The van der Waals surface area contributed by atoms with Gasteiger partial charge in [-0.15, -0.1) is 0 Å². The number of aliphatic hydroxyl groups is 1. The highest BCUT2D eigenvalue weighted by molar-refractivity contribution is 5.92. The predicted molar refractivity (Wildman–Crippen MR) is 98.2 cm³/mol. The normalized spacial score (nSPS) is 21.8. The van der Waals surface area contributed by atoms with Crippen LogP contribution in [0.25, 0.3) is 0 Å². The second-order valence-corrected chi connectivity index (χ2v) is 7.20. The van der Waals surface area contributed by atoms with E-state index in [0.29, 0.717) is 12.2 Å². The van der Waals surface area contributed by atoms with E-state index in [-0.39, 0.29) is 24.2 Å². The van der Waals surface area contributed by atoms with Gasteiger partial charge in [-0.1, -0.05) is 18.2 Å². The highest BCUT2D eigenvalue weighted by Crippen LogP contribution is 2.44. The lowest BCUT2D eigenvalue weighted by Gasteiger charge is -2.47. The molecule has 4 rings (SSSR count). The first kappa shape index (κ1) is 17.1. The van der Waals surface area contributed by atoms with Gasteiger partial charge in [0.05, 0.1) is 12.6 Å². The number of benzene rings is 1. The molecule has 1 saturated heterocycles. The molecular formula is C20H25N3O3. The minimum absolute atomic E-state index is 0.0693. The number of aliphatic hydroxyl groups excluding tert-OH is 1. The van der Waals surface area contributed by atoms with Crippen molar-refractivity contribution in [1.29, 1.82) is 0 Å². The molecule has 138 valence electrons. The van der Waals surface area contributed by atoms with E-state index in [1.165, 1.54) is 0 Å². The van der Waals surface area contributed by atoms with E-state index in [1.54, 1.807) is 12.3 Å². The molecule has 2 aromatic rings. The van der Waals surface area contributed by atoms with Crippen LogP contribution in [0.15, 0.2) is 42.6 Å². The zero-order valence-corrected chi connectivity index (χ0v) is 14.8. The quantitative estimate of drug-likeness (QED) is 0.785. The van der Waals surface area contributed by atoms with Crippen molar-refractivity contribution >= 4 is 5.91 Å². The number of aromatic nitrogens is 1. The van der Waals surface area contributed by atoms with Gasteiger partial charge in [-0.3, -0.25) is 4.79 Å². The molecule has 2 aliphatic rings. The maximum absolute atomic E-state index is 12.6. The van der Waals surface area contributed by atoms with Crippen molar-refractivity contribution in [3.63, 3.8) is 0 Å². The zero-order valence-electron chi connectivity index (χ0n) is 14.8. The van der Waals surface area contributed by atoms with Crippen molar-refractivity contribution in [2.45, 2.75) is 30.9 Å². The molecule has 6 nitrogen and oxygen atoms in total. The monoisotopic (exact) mass is 355 g/mol. The first-order valence-corrected chi connectivity index (χ1v) is 9.24. The number of ether oxygens (including phenoxy) is 1. The summed E-state index contributed by atoms with van der Waals surface area (Å²) in [6.07, 6.45) is 4.32. The standard InChI is InChI=1S/C20H25N3O3/c24-13-12-23-10-7-20(8-11-23)14-17(15-4-1-2-6-18(15)26-20)22-19(25)16-5-3-9-21-16/h1-6,9,17,21,24H,7-8,10-14H2,(H,22,25)/t17-/m1/s1. The van der Waals surface area contributed by atoms with Crippen molar-refractivity contribution in [2.24, 2.45) is 0 Å². The van der Waals surface area contributed by atoms with Gasteiger partial charge in [0.15, 0.2) is 0 Å². The summed E-state index contributed by atoms with van der Waals surface area (Å²) in [7, 11) is 0. The molecule has 0 saturated carbocycles. The number of H-pyrrole nitrogens is 1. The Morgan fingerprint density at radius 2 is 2.08 bits per heavy atom. The largest absolute Gasteiger partial charge is 0.487 e. The maximum atomic E-state index is 12.6. The third kappa shape index (κ3) is 3.34. The smallest absolute Gasteiger partial charge is 0.268 e. The maximum Gasteiger partial charge on any atom is 0.268 e. The fraction of sp³-hybridized carbons (Fsp3) is 0.450. The third-order valence-electron chi connectivity index (χ3n) is 5.53. The van der Waals surface area contributed by atoms with Gasteiger partial charge < -0.3 is 25.0 Å². The van der Waals surface area contributed by atoms with Crippen LogP contribution in [0.4, 0.5) is 0 Å². The Hall–Kier alpha value is -2.31. The molecule has 1 aromatic heterocycles. The van der Waals surface area contributed by atoms with Gasteiger partial charge in [0, 0.05) is 37.8 Å². The number of piperidine rings is 1. The van der Waals surface area contributed by atoms with E-state index in [9.17, 15) is 4.79 Å². The highest BCUT2D eigenvalue weighted by atomic mass is 16.5. The Labute approximate surface area is 153 Å². The summed E-state index contributed by atoms with van der Waals surface area (Å²) in [5.74, 6) is 0.774. The lowest BCUT2D eigenvalue weighted by atomic mass is 9.80. The summed E-state index contributed by atoms with van der Waals surface area (Å²) < 4.78 is 6.44. The molecule has 1 atom stereocenters. The average Bonchev–Trinajstić information content (AvgIpc) is 3.19. The van der Waals surface area contributed by atoms with Crippen LogP contribution in [0.3, 0.4) is 0 Å². The van der Waals surface area contributed by atoms with Crippen LogP contribution >= 0.6 is 0 Å². The number of fused-ring (bicyclic) bond motifs is 1. The van der Waals surface area contributed by atoms with Crippen LogP contribution in [-0.2, 0) is 0 Å². The van der Waals surface area contributed by atoms with Crippen LogP contribution in [-0.4, -0.2) is 52.7 Å². The van der Waals surface area contributed by atoms with Gasteiger partial charge in [0.1, 0.15) is 17.0 Å². The lowest BCUT2D eigenvalue weighted by Crippen LogP contribution is -2.52. The van der Waals surface area contributed by atoms with Crippen LogP contribution < -0.4 is 10.1 Å². The molecule has 0 radical (unpaired) electrons. The number of carbonyl (C=O) groups is 1. The molecule has 1 fully saturated rings. The van der Waals surface area contributed by atoms with Gasteiger partial charge in [0.25, 0.3) is 5.91 Å². The van der Waals surface area contributed by atoms with Gasteiger partial charge in [0.2, 0.25) is 0 Å². The lowest BCUT2D eigenvalue weighted by molar-refractivity contribution is -0.0270. The Kier molecular flexibility index (Phi) is 4.70. The molecule has 0 bridgehead atoms. The molecule has 1 amide bonds. The molecule has 0 aliphatic carbocycles. The summed E-state index contributed by atoms with van der Waals surface area (Å²) in [5.41, 5.74) is 1.35. The fourth-order valence-electron chi connectivity index (χ4n) is 4.09. The number of nitrogens with zero attached hydrogens (tertiary/aromatic N) is 1. The van der Waals surface area contributed by atoms with Crippen LogP contribution in [0.5, 0.6) is 5.75 Å². The molecule has 26 heavy (non-hydrogen) atoms. The number of carbonyl (C=O) groups excluding carboxylic acids is 1. The molecule has 1 aromatic carbocycles. The summed E-state index contributed by atoms with van der Waals surface area (Å²) in [5, 5.41) is 12.3. The van der Waals surface area contributed by atoms with E-state index >= 15 is 0 Å². The third-order valence-corrected chi connectivity index (χ3v) is 5.53. The number of hydrogen-bond acceptors (Lipinski definition) is 4. The zero-order chi connectivity index (χ0) is 18.0. The van der Waals surface area contributed by atoms with Gasteiger partial charge in [-0.2, -0.15) is 0 Å². The van der Waals surface area contributed by atoms with E-state index in [4.69, 9.17) is 9.84 Å². The Morgan fingerprint density at radius 1 is 1.27 bits per heavy atom. The number of aromatic amines is 1. The summed E-state index contributed by atoms with van der Waals surface area (Å²) in [4.78, 5) is 17.8. The van der Waals surface area contributed by atoms with E-state index in [0.717, 1.165) is 43.7 Å². The van der Waals surface area contributed by atoms with Crippen molar-refractivity contribution in [3.05, 3.63) is 53.9 Å². The number of likely N-dealkylation sites (tertiary alicyclic amines) is 1. The number of amides is 1. The number of β-amino-alcohol motifs (C(OH)–C–C–N with tert-alkyl or cyclic N) is 1. The summed E-state index contributed by atoms with van der Waals surface area (Å²) in [6, 6.07) is 11.5. The van der Waals surface area contributed by atoms with Crippen LogP contribution in [0.1, 0.15) is 41.4 Å². The van der Waals surface area contributed by atoms with Gasteiger partial charge in [-0.05, 0) is 31.0 Å². The molecule has 6 heteroatoms. The molecule has 3 heterocycles. The van der Waals surface area contributed by atoms with Crippen LogP contribution in [0, 0.1) is 0 Å². The van der Waals surface area contributed by atoms with Gasteiger partial charge >= 0.3 is 0 Å². The molecule has 2 aliphatic heterocycles. The number of hydrogen-bond donors (Lipinski definition) is 3. The van der Waals surface area contributed by atoms with Crippen molar-refractivity contribution < 1.29 is 14.6 Å². The Morgan fingerprint density at radius 3 is 2.81 bits per heavy atom. The van der Waals surface area contributed by atoms with Crippen molar-refractivity contribution in [2.75, 3.05) is 26.2 Å². The highest BCUT2D eigenvalue weighted by Gasteiger charge is 2.43. The number of rotatable bonds is 4. The molecular weight excluding hydrogens is 330 g/mol. The topological polar surface area (TPSA) is 77.6 Å². The fourth-order valence-corrected chi connectivity index (χ4v) is 4.09. The first-order chi connectivity index (χ1) is 12.7. The number of para-hydroxylation sites is 1. The molecule has 3 N–H and O–H groups in total. The summed E-state index contributed by atoms with van der Waals surface area (Å²) in [6.45, 7) is 2.70. The van der Waals surface area contributed by atoms with Gasteiger partial charge in [-0.25, -0.2) is 0 Å². The Bertz CT molecular complexity index is 751. The van der Waals surface area contributed by atoms with Crippen molar-refractivity contribution in [1.82, 2.24) is 15.2 Å². The van der Waals surface area contributed by atoms with Crippen molar-refractivity contribution in [3.8, 4) is 5.75 Å². The van der Waals surface area contributed by atoms with E-state index in [1.807, 2.05) is 30.3 Å². The first-order valence-electron chi connectivity index (χ1n) is 9.24. The van der Waals surface area contributed by atoms with E-state index in [2.05, 4.69) is 15.2 Å². The molecule has 1 spiro atoms. The predicted octanol–water partition coefficient (Wildman–Crippen LogP) is 2.10. The minimum Gasteiger partial charge on any atom is -0.487 e. The summed E-state index contributed by atoms with van der Waals surface area (Å²) >= 11 is 0. The minimum atomic E-state index is -0.256. The Balaban J connectivity index is 1.55. The average molecular weight is 355 g/mol. The second-order valence-electron chi connectivity index (χ2n) is 7.20. The number of nitrogens with one attached hydrogen (secondary N) is 2.